The van der Waals surface area contributed by atoms with Crippen molar-refractivity contribution in [3.63, 3.8) is 0 Å². The Morgan fingerprint density at radius 1 is 1.30 bits per heavy atom. The van der Waals surface area contributed by atoms with Gasteiger partial charge in [-0.1, -0.05) is 0 Å². The molecule has 4 aliphatic heterocycles. The van der Waals surface area contributed by atoms with Crippen LogP contribution in [-0.4, -0.2) is 106 Å². The Hall–Kier alpha value is -1.35. The maximum absolute atomic E-state index is 12.5. The number of carbonyl (C=O) groups is 2. The quantitative estimate of drug-likeness (QED) is 0.284. The molecule has 170 valence electrons. The molecule has 2 bridgehead atoms. The summed E-state index contributed by atoms with van der Waals surface area (Å²) in [5, 5.41) is 7.63. The van der Waals surface area contributed by atoms with Crippen LogP contribution in [0.15, 0.2) is 0 Å². The molecule has 4 saturated heterocycles. The Balaban J connectivity index is 1.17. The van der Waals surface area contributed by atoms with E-state index < -0.39 is 29.3 Å². The van der Waals surface area contributed by atoms with Gasteiger partial charge in [0.25, 0.3) is 5.91 Å². The number of hydrogen-bond acceptors (Lipinski definition) is 9. The third kappa shape index (κ3) is 5.10. The molecule has 0 aromatic rings. The van der Waals surface area contributed by atoms with Gasteiger partial charge in [0.05, 0.1) is 12.6 Å². The van der Waals surface area contributed by atoms with Gasteiger partial charge >= 0.3 is 6.03 Å². The summed E-state index contributed by atoms with van der Waals surface area (Å²) in [6.45, 7) is 6.87. The summed E-state index contributed by atoms with van der Waals surface area (Å²) in [5.41, 5.74) is 2.46. The Morgan fingerprint density at radius 3 is 2.87 bits per heavy atom. The Labute approximate surface area is 178 Å². The van der Waals surface area contributed by atoms with Gasteiger partial charge in [0.2, 0.25) is 0 Å². The molecule has 3 amide bonds. The van der Waals surface area contributed by atoms with Crippen molar-refractivity contribution >= 4 is 23.3 Å². The average molecular weight is 446 g/mol. The molecular formula is C17H29N6O6S-. The SMILES string of the molecule is O=C(NOC[C@@H]1C[C@@H](CN2CCNCC2)CN1)C1CCC2CN1C(=O)N2OS(=O)[O-]. The van der Waals surface area contributed by atoms with Crippen LogP contribution < -0.4 is 16.1 Å². The van der Waals surface area contributed by atoms with Crippen LogP contribution in [0.5, 0.6) is 0 Å². The van der Waals surface area contributed by atoms with Gasteiger partial charge < -0.3 is 25.0 Å². The molecule has 0 aromatic carbocycles. The second-order valence-electron chi connectivity index (χ2n) is 8.32. The summed E-state index contributed by atoms with van der Waals surface area (Å²) in [5.74, 6) is 0.171. The monoisotopic (exact) mass is 445 g/mol. The highest BCUT2D eigenvalue weighted by Gasteiger charge is 2.48. The fourth-order valence-electron chi connectivity index (χ4n) is 4.78. The third-order valence-electron chi connectivity index (χ3n) is 6.26. The predicted octanol–water partition coefficient (Wildman–Crippen LogP) is -2.09. The van der Waals surface area contributed by atoms with E-state index in [1.54, 1.807) is 0 Å². The van der Waals surface area contributed by atoms with Gasteiger partial charge in [0, 0.05) is 45.3 Å². The fourth-order valence-corrected chi connectivity index (χ4v) is 5.09. The summed E-state index contributed by atoms with van der Waals surface area (Å²) in [6, 6.07) is -1.50. The topological polar surface area (TPSA) is 139 Å². The maximum atomic E-state index is 12.5. The highest BCUT2D eigenvalue weighted by molar-refractivity contribution is 7.74. The van der Waals surface area contributed by atoms with Crippen molar-refractivity contribution in [2.45, 2.75) is 37.4 Å². The second kappa shape index (κ2) is 9.85. The predicted molar refractivity (Wildman–Crippen MR) is 104 cm³/mol. The molecule has 13 heteroatoms. The van der Waals surface area contributed by atoms with Gasteiger partial charge in [0.1, 0.15) is 17.4 Å². The van der Waals surface area contributed by atoms with Gasteiger partial charge in [-0.15, -0.1) is 0 Å². The number of piperidine rings is 1. The number of hydroxylamine groups is 3. The van der Waals surface area contributed by atoms with Crippen LogP contribution in [0.2, 0.25) is 0 Å². The molecule has 4 aliphatic rings. The van der Waals surface area contributed by atoms with Crippen LogP contribution in [0.25, 0.3) is 0 Å². The van der Waals surface area contributed by atoms with Crippen LogP contribution >= 0.6 is 0 Å². The van der Waals surface area contributed by atoms with E-state index >= 15 is 0 Å². The van der Waals surface area contributed by atoms with E-state index in [-0.39, 0.29) is 18.6 Å². The molecule has 0 aromatic heterocycles. The maximum Gasteiger partial charge on any atom is 0.346 e. The standard InChI is InChI=1S/C17H30N6O6S/c24-16(15-2-1-14-10-22(15)17(25)23(14)29-30(26)27)20-28-11-13-7-12(8-19-13)9-21-5-3-18-4-6-21/h12-15,18-19H,1-11H2,(H,20,24)(H,26,27)/p-1/t12-,13+,14?,15?/m1/s1. The smallest absolute Gasteiger partial charge is 0.346 e. The molecule has 5 atom stereocenters. The van der Waals surface area contributed by atoms with Crippen molar-refractivity contribution in [1.29, 1.82) is 0 Å². The number of fused-ring (bicyclic) bond motifs is 2. The minimum absolute atomic E-state index is 0.179. The molecule has 12 nitrogen and oxygen atoms in total. The third-order valence-corrected chi connectivity index (χ3v) is 6.55. The van der Waals surface area contributed by atoms with Crippen molar-refractivity contribution in [3.8, 4) is 0 Å². The lowest BCUT2D eigenvalue weighted by atomic mass is 10.0. The lowest BCUT2D eigenvalue weighted by Gasteiger charge is -2.29. The van der Waals surface area contributed by atoms with Crippen molar-refractivity contribution in [3.05, 3.63) is 0 Å². The van der Waals surface area contributed by atoms with E-state index in [1.165, 1.54) is 4.90 Å². The van der Waals surface area contributed by atoms with Gasteiger partial charge in [-0.25, -0.2) is 14.5 Å². The summed E-state index contributed by atoms with van der Waals surface area (Å²) >= 11 is -2.83. The number of carbonyl (C=O) groups excluding carboxylic acids is 2. The van der Waals surface area contributed by atoms with E-state index in [9.17, 15) is 18.4 Å². The zero-order valence-corrected chi connectivity index (χ0v) is 17.6. The number of nitrogens with one attached hydrogen (secondary N) is 3. The van der Waals surface area contributed by atoms with Gasteiger partial charge in [-0.05, 0) is 31.7 Å². The van der Waals surface area contributed by atoms with Crippen LogP contribution in [0.4, 0.5) is 4.79 Å². The summed E-state index contributed by atoms with van der Waals surface area (Å²) in [6.07, 6.45) is 1.90. The number of piperazine rings is 1. The minimum atomic E-state index is -2.83. The number of nitrogens with zero attached hydrogens (tertiary/aromatic N) is 3. The molecule has 0 spiro atoms. The molecule has 4 fully saturated rings. The van der Waals surface area contributed by atoms with Gasteiger partial charge in [-0.2, -0.15) is 9.35 Å². The van der Waals surface area contributed by atoms with Crippen LogP contribution in [0.3, 0.4) is 0 Å². The van der Waals surface area contributed by atoms with Crippen LogP contribution in [-0.2, 0) is 25.3 Å². The molecule has 3 unspecified atom stereocenters. The lowest BCUT2D eigenvalue weighted by molar-refractivity contribution is -0.139. The highest BCUT2D eigenvalue weighted by atomic mass is 32.2. The molecular weight excluding hydrogens is 416 g/mol. The first kappa shape index (κ1) is 21.9. The van der Waals surface area contributed by atoms with E-state index in [1.807, 2.05) is 0 Å². The Kier molecular flexibility index (Phi) is 7.18. The van der Waals surface area contributed by atoms with Crippen LogP contribution in [0.1, 0.15) is 19.3 Å². The first-order valence-electron chi connectivity index (χ1n) is 10.5. The summed E-state index contributed by atoms with van der Waals surface area (Å²) in [7, 11) is 0. The number of rotatable bonds is 8. The van der Waals surface area contributed by atoms with Crippen LogP contribution in [0, 0.1) is 5.92 Å². The highest BCUT2D eigenvalue weighted by Crippen LogP contribution is 2.30. The minimum Gasteiger partial charge on any atom is -0.748 e. The first-order chi connectivity index (χ1) is 14.5. The molecule has 0 aliphatic carbocycles. The Morgan fingerprint density at radius 2 is 2.10 bits per heavy atom. The lowest BCUT2D eigenvalue weighted by Crippen LogP contribution is -2.50. The number of urea groups is 1. The van der Waals surface area contributed by atoms with E-state index in [2.05, 4.69) is 25.3 Å². The molecule has 4 heterocycles. The van der Waals surface area contributed by atoms with E-state index in [4.69, 9.17) is 4.84 Å². The van der Waals surface area contributed by atoms with Gasteiger partial charge in [0.15, 0.2) is 0 Å². The second-order valence-corrected chi connectivity index (χ2v) is 8.88. The largest absolute Gasteiger partial charge is 0.748 e. The zero-order chi connectivity index (χ0) is 21.1. The normalized spacial score (nSPS) is 33.2. The fraction of sp³-hybridized carbons (Fsp3) is 0.882. The Bertz CT molecular complexity index is 665. The van der Waals surface area contributed by atoms with Crippen molar-refractivity contribution in [1.82, 2.24) is 31.0 Å². The molecule has 4 rings (SSSR count). The zero-order valence-electron chi connectivity index (χ0n) is 16.8. The van der Waals surface area contributed by atoms with E-state index in [0.29, 0.717) is 25.4 Å². The number of hydrogen-bond donors (Lipinski definition) is 3. The molecule has 0 saturated carbocycles. The van der Waals surface area contributed by atoms with Crippen molar-refractivity contribution in [2.24, 2.45) is 5.92 Å². The van der Waals surface area contributed by atoms with Crippen molar-refractivity contribution < 1.29 is 27.5 Å². The summed E-state index contributed by atoms with van der Waals surface area (Å²) < 4.78 is 26.1. The number of amides is 3. The average Bonchev–Trinajstić information content (AvgIpc) is 3.27. The van der Waals surface area contributed by atoms with E-state index in [0.717, 1.165) is 50.8 Å². The van der Waals surface area contributed by atoms with Crippen molar-refractivity contribution in [2.75, 3.05) is 52.4 Å². The molecule has 3 N–H and O–H groups in total. The van der Waals surface area contributed by atoms with Gasteiger partial charge in [-0.3, -0.25) is 9.63 Å². The molecule has 0 radical (unpaired) electrons. The summed E-state index contributed by atoms with van der Waals surface area (Å²) in [4.78, 5) is 34.1. The first-order valence-corrected chi connectivity index (χ1v) is 11.5. The molecule has 30 heavy (non-hydrogen) atoms.